The summed E-state index contributed by atoms with van der Waals surface area (Å²) in [5, 5.41) is 3.86. The first kappa shape index (κ1) is 19.9. The van der Waals surface area contributed by atoms with Crippen molar-refractivity contribution in [2.45, 2.75) is 0 Å². The van der Waals surface area contributed by atoms with Crippen molar-refractivity contribution in [3.05, 3.63) is 115 Å². The quantitative estimate of drug-likeness (QED) is 0.320. The van der Waals surface area contributed by atoms with Crippen molar-refractivity contribution in [3.8, 4) is 22.6 Å². The molecule has 0 aliphatic rings. The average molecular weight is 441 g/mol. The summed E-state index contributed by atoms with van der Waals surface area (Å²) >= 11 is 0. The largest absolute Gasteiger partial charge is 0.338 e. The number of benzene rings is 4. The summed E-state index contributed by atoms with van der Waals surface area (Å²) < 4.78 is 0. The molecular weight excluding hydrogens is 420 g/mol. The zero-order valence-electron chi connectivity index (χ0n) is 18.2. The molecule has 0 aliphatic carbocycles. The normalized spacial score (nSPS) is 11.1. The summed E-state index contributed by atoms with van der Waals surface area (Å²) in [5.74, 6) is 0.624. The molecule has 162 valence electrons. The smallest absolute Gasteiger partial charge is 0.256 e. The van der Waals surface area contributed by atoms with Crippen molar-refractivity contribution in [1.82, 2.24) is 15.0 Å². The maximum Gasteiger partial charge on any atom is 0.256 e. The molecule has 5 nitrogen and oxygen atoms in total. The van der Waals surface area contributed by atoms with Crippen LogP contribution >= 0.6 is 0 Å². The Morgan fingerprint density at radius 2 is 1.38 bits per heavy atom. The molecule has 0 aliphatic heterocycles. The predicted molar refractivity (Wildman–Crippen MR) is 137 cm³/mol. The van der Waals surface area contributed by atoms with Crippen LogP contribution in [0.5, 0.6) is 0 Å². The minimum absolute atomic E-state index is 0.174. The molecule has 0 fully saturated rings. The van der Waals surface area contributed by atoms with Gasteiger partial charge in [0.2, 0.25) is 0 Å². The van der Waals surface area contributed by atoms with E-state index in [9.17, 15) is 4.79 Å². The number of para-hydroxylation sites is 3. The number of nitrogens with one attached hydrogen (secondary N) is 2. The summed E-state index contributed by atoms with van der Waals surface area (Å²) in [4.78, 5) is 26.1. The van der Waals surface area contributed by atoms with Gasteiger partial charge in [0, 0.05) is 22.2 Å². The second-order valence-electron chi connectivity index (χ2n) is 8.07. The molecule has 6 rings (SSSR count). The molecule has 2 heterocycles. The van der Waals surface area contributed by atoms with Crippen LogP contribution in [0.3, 0.4) is 0 Å². The van der Waals surface area contributed by atoms with E-state index in [1.54, 1.807) is 0 Å². The van der Waals surface area contributed by atoms with Gasteiger partial charge in [0.25, 0.3) is 5.91 Å². The monoisotopic (exact) mass is 440 g/mol. The van der Waals surface area contributed by atoms with Crippen LogP contribution < -0.4 is 5.32 Å². The molecule has 34 heavy (non-hydrogen) atoms. The Balaban J connectivity index is 1.31. The number of nitrogens with zero attached hydrogens (tertiary/aromatic N) is 2. The number of hydrogen-bond donors (Lipinski definition) is 2. The third kappa shape index (κ3) is 3.69. The summed E-state index contributed by atoms with van der Waals surface area (Å²) in [6, 6.07) is 35.1. The van der Waals surface area contributed by atoms with Crippen LogP contribution in [0, 0.1) is 0 Å². The van der Waals surface area contributed by atoms with Gasteiger partial charge in [-0.1, -0.05) is 60.7 Å². The van der Waals surface area contributed by atoms with Gasteiger partial charge in [-0.05, 0) is 48.5 Å². The van der Waals surface area contributed by atoms with Gasteiger partial charge in [-0.2, -0.15) is 0 Å². The summed E-state index contributed by atoms with van der Waals surface area (Å²) in [6.07, 6.45) is 0. The van der Waals surface area contributed by atoms with E-state index >= 15 is 0 Å². The average Bonchev–Trinajstić information content (AvgIpc) is 3.33. The fourth-order valence-electron chi connectivity index (χ4n) is 4.12. The number of rotatable bonds is 4. The highest BCUT2D eigenvalue weighted by Gasteiger charge is 2.14. The van der Waals surface area contributed by atoms with E-state index < -0.39 is 0 Å². The lowest BCUT2D eigenvalue weighted by Crippen LogP contribution is -2.13. The minimum atomic E-state index is -0.174. The van der Waals surface area contributed by atoms with Crippen molar-refractivity contribution in [2.24, 2.45) is 0 Å². The molecule has 0 unspecified atom stereocenters. The van der Waals surface area contributed by atoms with E-state index in [1.165, 1.54) is 0 Å². The first-order valence-corrected chi connectivity index (χ1v) is 11.1. The highest BCUT2D eigenvalue weighted by atomic mass is 16.1. The van der Waals surface area contributed by atoms with Crippen LogP contribution in [0.1, 0.15) is 10.4 Å². The molecule has 1 amide bonds. The lowest BCUT2D eigenvalue weighted by molar-refractivity contribution is 0.102. The fraction of sp³-hybridized carbons (Fsp3) is 0. The molecule has 0 bridgehead atoms. The van der Waals surface area contributed by atoms with Crippen LogP contribution in [0.25, 0.3) is 44.6 Å². The molecule has 0 atom stereocenters. The Hall–Kier alpha value is -4.77. The second-order valence-corrected chi connectivity index (χ2v) is 8.07. The van der Waals surface area contributed by atoms with Gasteiger partial charge in [0.15, 0.2) is 0 Å². The first-order chi connectivity index (χ1) is 16.7. The molecule has 5 heteroatoms. The van der Waals surface area contributed by atoms with Crippen LogP contribution in [0.2, 0.25) is 0 Å². The topological polar surface area (TPSA) is 70.7 Å². The molecule has 2 N–H and O–H groups in total. The number of H-pyrrole nitrogens is 1. The van der Waals surface area contributed by atoms with Gasteiger partial charge in [-0.15, -0.1) is 0 Å². The maximum absolute atomic E-state index is 13.3. The van der Waals surface area contributed by atoms with Crippen LogP contribution in [-0.4, -0.2) is 20.9 Å². The van der Waals surface area contributed by atoms with Crippen molar-refractivity contribution >= 4 is 33.5 Å². The van der Waals surface area contributed by atoms with Gasteiger partial charge in [0.1, 0.15) is 5.82 Å². The fourth-order valence-corrected chi connectivity index (χ4v) is 4.12. The van der Waals surface area contributed by atoms with Gasteiger partial charge in [-0.3, -0.25) is 4.79 Å². The number of imidazole rings is 1. The SMILES string of the molecule is O=C(Nc1ccc(-c2nc3ccccc3[nH]2)cc1)c1cc(-c2ccccc2)nc2ccccc12. The Bertz CT molecular complexity index is 1600. The number of aromatic amines is 1. The first-order valence-electron chi connectivity index (χ1n) is 11.1. The lowest BCUT2D eigenvalue weighted by Gasteiger charge is -2.11. The number of carbonyl (C=O) groups excluding carboxylic acids is 1. The van der Waals surface area contributed by atoms with Crippen LogP contribution in [0.4, 0.5) is 5.69 Å². The van der Waals surface area contributed by atoms with E-state index in [0.717, 1.165) is 44.6 Å². The van der Waals surface area contributed by atoms with Gasteiger partial charge < -0.3 is 10.3 Å². The molecular formula is C29H20N4O. The predicted octanol–water partition coefficient (Wildman–Crippen LogP) is 6.70. The standard InChI is InChI=1S/C29H20N4O/c34-29(23-18-27(19-8-2-1-3-9-19)31-24-11-5-4-10-22(23)24)30-21-16-14-20(15-17-21)28-32-25-12-6-7-13-26(25)33-28/h1-18H,(H,30,34)(H,32,33). The molecule has 0 spiro atoms. The Morgan fingerprint density at radius 1 is 0.676 bits per heavy atom. The number of pyridine rings is 1. The number of aromatic nitrogens is 3. The number of fused-ring (bicyclic) bond motifs is 2. The summed E-state index contributed by atoms with van der Waals surface area (Å²) in [6.45, 7) is 0. The summed E-state index contributed by atoms with van der Waals surface area (Å²) in [7, 11) is 0. The minimum Gasteiger partial charge on any atom is -0.338 e. The van der Waals surface area contributed by atoms with Gasteiger partial charge in [0.05, 0.1) is 27.8 Å². The van der Waals surface area contributed by atoms with E-state index in [1.807, 2.05) is 109 Å². The molecule has 4 aromatic carbocycles. The van der Waals surface area contributed by atoms with E-state index in [-0.39, 0.29) is 5.91 Å². The number of carbonyl (C=O) groups is 1. The van der Waals surface area contributed by atoms with Crippen molar-refractivity contribution in [3.63, 3.8) is 0 Å². The lowest BCUT2D eigenvalue weighted by atomic mass is 10.0. The van der Waals surface area contributed by atoms with E-state index in [0.29, 0.717) is 11.3 Å². The molecule has 0 saturated heterocycles. The van der Waals surface area contributed by atoms with Crippen molar-refractivity contribution < 1.29 is 4.79 Å². The van der Waals surface area contributed by atoms with Crippen molar-refractivity contribution in [2.75, 3.05) is 5.32 Å². The Morgan fingerprint density at radius 3 is 2.18 bits per heavy atom. The number of anilines is 1. The molecule has 2 aromatic heterocycles. The zero-order valence-corrected chi connectivity index (χ0v) is 18.2. The number of hydrogen-bond acceptors (Lipinski definition) is 3. The van der Waals surface area contributed by atoms with Gasteiger partial charge >= 0.3 is 0 Å². The van der Waals surface area contributed by atoms with Crippen LogP contribution in [0.15, 0.2) is 109 Å². The second kappa shape index (κ2) is 8.30. The Labute approximate surface area is 196 Å². The summed E-state index contributed by atoms with van der Waals surface area (Å²) in [5.41, 5.74) is 6.70. The van der Waals surface area contributed by atoms with E-state index in [4.69, 9.17) is 4.98 Å². The molecule has 6 aromatic rings. The third-order valence-corrected chi connectivity index (χ3v) is 5.84. The highest BCUT2D eigenvalue weighted by Crippen LogP contribution is 2.26. The number of amides is 1. The molecule has 0 saturated carbocycles. The Kier molecular flexibility index (Phi) is 4.85. The zero-order chi connectivity index (χ0) is 22.9. The van der Waals surface area contributed by atoms with Crippen molar-refractivity contribution in [1.29, 1.82) is 0 Å². The maximum atomic E-state index is 13.3. The highest BCUT2D eigenvalue weighted by molar-refractivity contribution is 6.13. The third-order valence-electron chi connectivity index (χ3n) is 5.84. The van der Waals surface area contributed by atoms with Gasteiger partial charge in [-0.25, -0.2) is 9.97 Å². The van der Waals surface area contributed by atoms with Crippen LogP contribution in [-0.2, 0) is 0 Å². The van der Waals surface area contributed by atoms with E-state index in [2.05, 4.69) is 15.3 Å². The molecule has 0 radical (unpaired) electrons.